The molecular weight excluding hydrogens is 386 g/mol. The third-order valence-corrected chi connectivity index (χ3v) is 4.97. The van der Waals surface area contributed by atoms with Gasteiger partial charge in [0.25, 0.3) is 0 Å². The maximum Gasteiger partial charge on any atom is 0.244 e. The highest BCUT2D eigenvalue weighted by atomic mass is 32.1. The Bertz CT molecular complexity index is 1160. The number of pyridine rings is 1. The van der Waals surface area contributed by atoms with E-state index in [1.807, 2.05) is 65.4 Å². The molecule has 0 radical (unpaired) electrons. The minimum atomic E-state index is -0.207. The quantitative estimate of drug-likeness (QED) is 0.477. The highest BCUT2D eigenvalue weighted by Gasteiger charge is 2.05. The number of thiazole rings is 1. The van der Waals surface area contributed by atoms with Crippen molar-refractivity contribution < 1.29 is 9.53 Å². The molecule has 0 aliphatic heterocycles. The Morgan fingerprint density at radius 2 is 2.17 bits per heavy atom. The first-order valence-corrected chi connectivity index (χ1v) is 9.94. The first kappa shape index (κ1) is 18.8. The SMILES string of the molecule is Cc1nc(COc2cccc(/C=C/C(=O)NCc3nnc4ccccn34)c2)cs1. The summed E-state index contributed by atoms with van der Waals surface area (Å²) in [6, 6.07) is 13.2. The van der Waals surface area contributed by atoms with Gasteiger partial charge in [0.15, 0.2) is 11.5 Å². The van der Waals surface area contributed by atoms with Gasteiger partial charge in [0.05, 0.1) is 17.2 Å². The smallest absolute Gasteiger partial charge is 0.244 e. The van der Waals surface area contributed by atoms with Crippen LogP contribution in [0.5, 0.6) is 5.75 Å². The van der Waals surface area contributed by atoms with Gasteiger partial charge in [-0.05, 0) is 42.8 Å². The standard InChI is InChI=1S/C21H19N5O2S/c1-15-23-17(14-29-15)13-28-18-6-4-5-16(11-18)8-9-21(27)22-12-20-25-24-19-7-2-3-10-26(19)20/h2-11,14H,12-13H2,1H3,(H,22,27)/b9-8+. The minimum Gasteiger partial charge on any atom is -0.487 e. The lowest BCUT2D eigenvalue weighted by Crippen LogP contribution is -2.21. The molecule has 0 saturated carbocycles. The van der Waals surface area contributed by atoms with Crippen LogP contribution >= 0.6 is 11.3 Å². The number of nitrogens with one attached hydrogen (secondary N) is 1. The van der Waals surface area contributed by atoms with Crippen LogP contribution in [-0.2, 0) is 17.9 Å². The summed E-state index contributed by atoms with van der Waals surface area (Å²) >= 11 is 1.60. The van der Waals surface area contributed by atoms with Gasteiger partial charge >= 0.3 is 0 Å². The van der Waals surface area contributed by atoms with E-state index in [9.17, 15) is 4.79 Å². The predicted molar refractivity (Wildman–Crippen MR) is 111 cm³/mol. The molecular formula is C21H19N5O2S. The third kappa shape index (κ3) is 4.85. The molecule has 1 N–H and O–H groups in total. The van der Waals surface area contributed by atoms with E-state index in [1.165, 1.54) is 6.08 Å². The third-order valence-electron chi connectivity index (χ3n) is 4.14. The Morgan fingerprint density at radius 3 is 3.03 bits per heavy atom. The summed E-state index contributed by atoms with van der Waals surface area (Å²) in [5.41, 5.74) is 2.53. The molecule has 3 heterocycles. The second-order valence-electron chi connectivity index (χ2n) is 6.32. The summed E-state index contributed by atoms with van der Waals surface area (Å²) in [6.07, 6.45) is 5.11. The number of carbonyl (C=O) groups is 1. The van der Waals surface area contributed by atoms with Crippen LogP contribution < -0.4 is 10.1 Å². The van der Waals surface area contributed by atoms with E-state index in [0.717, 1.165) is 27.7 Å². The molecule has 0 fully saturated rings. The topological polar surface area (TPSA) is 81.4 Å². The fourth-order valence-corrected chi connectivity index (χ4v) is 3.35. The van der Waals surface area contributed by atoms with Crippen molar-refractivity contribution in [2.75, 3.05) is 0 Å². The molecule has 0 bridgehead atoms. The molecule has 8 heteroatoms. The number of fused-ring (bicyclic) bond motifs is 1. The van der Waals surface area contributed by atoms with Crippen LogP contribution in [0.15, 0.2) is 60.1 Å². The van der Waals surface area contributed by atoms with Gasteiger partial charge in [-0.1, -0.05) is 18.2 Å². The van der Waals surface area contributed by atoms with Crippen molar-refractivity contribution in [3.63, 3.8) is 0 Å². The Morgan fingerprint density at radius 1 is 1.24 bits per heavy atom. The van der Waals surface area contributed by atoms with Crippen molar-refractivity contribution in [2.24, 2.45) is 0 Å². The maximum atomic E-state index is 12.2. The van der Waals surface area contributed by atoms with Gasteiger partial charge in [0, 0.05) is 17.7 Å². The van der Waals surface area contributed by atoms with Gasteiger partial charge in [-0.3, -0.25) is 9.20 Å². The molecule has 0 aliphatic rings. The van der Waals surface area contributed by atoms with Crippen molar-refractivity contribution in [1.29, 1.82) is 0 Å². The van der Waals surface area contributed by atoms with Crippen LogP contribution in [0.25, 0.3) is 11.7 Å². The highest BCUT2D eigenvalue weighted by molar-refractivity contribution is 7.09. The van der Waals surface area contributed by atoms with Gasteiger partial charge in [0.2, 0.25) is 5.91 Å². The molecule has 4 aromatic rings. The molecule has 0 saturated heterocycles. The fourth-order valence-electron chi connectivity index (χ4n) is 2.75. The van der Waals surface area contributed by atoms with Crippen molar-refractivity contribution in [3.8, 4) is 5.75 Å². The van der Waals surface area contributed by atoms with Crippen molar-refractivity contribution >= 4 is 29.0 Å². The molecule has 0 unspecified atom stereocenters. The zero-order valence-electron chi connectivity index (χ0n) is 15.8. The fraction of sp³-hybridized carbons (Fsp3) is 0.143. The van der Waals surface area contributed by atoms with E-state index in [4.69, 9.17) is 4.74 Å². The zero-order valence-corrected chi connectivity index (χ0v) is 16.6. The minimum absolute atomic E-state index is 0.207. The number of aromatic nitrogens is 4. The summed E-state index contributed by atoms with van der Waals surface area (Å²) in [5.74, 6) is 1.20. The number of hydrogen-bond donors (Lipinski definition) is 1. The van der Waals surface area contributed by atoms with E-state index in [1.54, 1.807) is 17.4 Å². The molecule has 0 aliphatic carbocycles. The molecule has 3 aromatic heterocycles. The van der Waals surface area contributed by atoms with E-state index in [-0.39, 0.29) is 5.91 Å². The van der Waals surface area contributed by atoms with E-state index in [0.29, 0.717) is 19.0 Å². The number of hydrogen-bond acceptors (Lipinski definition) is 6. The van der Waals surface area contributed by atoms with E-state index >= 15 is 0 Å². The molecule has 4 rings (SSSR count). The second-order valence-corrected chi connectivity index (χ2v) is 7.38. The number of carbonyl (C=O) groups excluding carboxylic acids is 1. The van der Waals surface area contributed by atoms with Gasteiger partial charge < -0.3 is 10.1 Å². The summed E-state index contributed by atoms with van der Waals surface area (Å²) in [7, 11) is 0. The van der Waals surface area contributed by atoms with Crippen molar-refractivity contribution in [2.45, 2.75) is 20.1 Å². The lowest BCUT2D eigenvalue weighted by atomic mass is 10.2. The normalized spacial score (nSPS) is 11.2. The van der Waals surface area contributed by atoms with Gasteiger partial charge in [-0.2, -0.15) is 0 Å². The molecule has 29 heavy (non-hydrogen) atoms. The largest absolute Gasteiger partial charge is 0.487 e. The lowest BCUT2D eigenvalue weighted by Gasteiger charge is -2.05. The van der Waals surface area contributed by atoms with Gasteiger partial charge in [-0.15, -0.1) is 21.5 Å². The van der Waals surface area contributed by atoms with E-state index < -0.39 is 0 Å². The average Bonchev–Trinajstić information content (AvgIpc) is 3.35. The lowest BCUT2D eigenvalue weighted by molar-refractivity contribution is -0.116. The Labute approximate surface area is 171 Å². The van der Waals surface area contributed by atoms with Gasteiger partial charge in [0.1, 0.15) is 12.4 Å². The first-order chi connectivity index (χ1) is 14.2. The molecule has 1 aromatic carbocycles. The summed E-state index contributed by atoms with van der Waals surface area (Å²) in [5, 5.41) is 14.0. The van der Waals surface area contributed by atoms with Crippen LogP contribution in [0.1, 0.15) is 22.1 Å². The number of aryl methyl sites for hydroxylation is 1. The van der Waals surface area contributed by atoms with Crippen LogP contribution in [-0.4, -0.2) is 25.5 Å². The maximum absolute atomic E-state index is 12.2. The van der Waals surface area contributed by atoms with Crippen molar-refractivity contribution in [1.82, 2.24) is 24.9 Å². The number of rotatable bonds is 7. The molecule has 7 nitrogen and oxygen atoms in total. The summed E-state index contributed by atoms with van der Waals surface area (Å²) in [4.78, 5) is 16.5. The highest BCUT2D eigenvalue weighted by Crippen LogP contribution is 2.17. The van der Waals surface area contributed by atoms with Crippen LogP contribution in [0.3, 0.4) is 0 Å². The van der Waals surface area contributed by atoms with Crippen molar-refractivity contribution in [3.05, 3.63) is 82.2 Å². The van der Waals surface area contributed by atoms with Gasteiger partial charge in [-0.25, -0.2) is 4.98 Å². The molecule has 146 valence electrons. The number of nitrogens with zero attached hydrogens (tertiary/aromatic N) is 4. The monoisotopic (exact) mass is 405 g/mol. The van der Waals surface area contributed by atoms with Crippen LogP contribution in [0.4, 0.5) is 0 Å². The van der Waals surface area contributed by atoms with Crippen LogP contribution in [0.2, 0.25) is 0 Å². The predicted octanol–water partition coefficient (Wildman–Crippen LogP) is 3.40. The van der Waals surface area contributed by atoms with Crippen LogP contribution in [0, 0.1) is 6.92 Å². The molecule has 0 spiro atoms. The first-order valence-electron chi connectivity index (χ1n) is 9.06. The number of ether oxygens (including phenoxy) is 1. The summed E-state index contributed by atoms with van der Waals surface area (Å²) < 4.78 is 7.62. The Kier molecular flexibility index (Phi) is 5.62. The molecule has 0 atom stereocenters. The molecule has 1 amide bonds. The zero-order chi connectivity index (χ0) is 20.1. The average molecular weight is 405 g/mol. The number of amides is 1. The second kappa shape index (κ2) is 8.66. The number of benzene rings is 1. The Hall–Kier alpha value is -3.52. The van der Waals surface area contributed by atoms with E-state index in [2.05, 4.69) is 20.5 Å². The Balaban J connectivity index is 1.32. The summed E-state index contributed by atoms with van der Waals surface area (Å²) in [6.45, 7) is 2.69.